The molecule has 0 bridgehead atoms. The summed E-state index contributed by atoms with van der Waals surface area (Å²) in [5, 5.41) is 3.07. The molecule has 0 spiro atoms. The van der Waals surface area contributed by atoms with Gasteiger partial charge in [0.05, 0.1) is 6.04 Å². The number of aryl methyl sites for hydroxylation is 1. The van der Waals surface area contributed by atoms with Crippen LogP contribution >= 0.6 is 0 Å². The van der Waals surface area contributed by atoms with Crippen LogP contribution in [0.1, 0.15) is 29.2 Å². The average molecular weight is 278 g/mol. The molecule has 0 radical (unpaired) electrons. The van der Waals surface area contributed by atoms with Gasteiger partial charge in [0.2, 0.25) is 5.91 Å². The number of rotatable bonds is 3. The maximum absolute atomic E-state index is 12.0. The van der Waals surface area contributed by atoms with Gasteiger partial charge >= 0.3 is 0 Å². The molecule has 0 aromatic heterocycles. The summed E-state index contributed by atoms with van der Waals surface area (Å²) >= 11 is 0. The first-order chi connectivity index (χ1) is 10.2. The molecule has 0 saturated heterocycles. The lowest BCUT2D eigenvalue weighted by Gasteiger charge is -2.12. The first-order valence-corrected chi connectivity index (χ1v) is 7.14. The number of anilines is 1. The SMILES string of the molecule is Nc1ccc(/C=C/C(=O)NC2CCc3ccccc32)cc1. The van der Waals surface area contributed by atoms with E-state index < -0.39 is 0 Å². The number of carbonyl (C=O) groups is 1. The molecular weight excluding hydrogens is 260 g/mol. The highest BCUT2D eigenvalue weighted by Gasteiger charge is 2.22. The molecule has 0 aliphatic heterocycles. The van der Waals surface area contributed by atoms with E-state index in [1.54, 1.807) is 12.2 Å². The molecule has 1 amide bonds. The van der Waals surface area contributed by atoms with Crippen LogP contribution in [0, 0.1) is 0 Å². The Labute approximate surface area is 124 Å². The van der Waals surface area contributed by atoms with Crippen LogP contribution < -0.4 is 11.1 Å². The van der Waals surface area contributed by atoms with Gasteiger partial charge in [-0.3, -0.25) is 4.79 Å². The van der Waals surface area contributed by atoms with Crippen molar-refractivity contribution >= 4 is 17.7 Å². The number of hydrogen-bond donors (Lipinski definition) is 2. The van der Waals surface area contributed by atoms with Crippen LogP contribution in [0.3, 0.4) is 0 Å². The molecular formula is C18H18N2O. The Bertz CT molecular complexity index is 674. The maximum atomic E-state index is 12.0. The summed E-state index contributed by atoms with van der Waals surface area (Å²) in [5.74, 6) is -0.0615. The summed E-state index contributed by atoms with van der Waals surface area (Å²) in [6.45, 7) is 0. The molecule has 1 atom stereocenters. The fraction of sp³-hybridized carbons (Fsp3) is 0.167. The molecule has 0 fully saturated rings. The van der Waals surface area contributed by atoms with Crippen molar-refractivity contribution in [2.75, 3.05) is 5.73 Å². The number of hydrogen-bond acceptors (Lipinski definition) is 2. The van der Waals surface area contributed by atoms with E-state index in [1.165, 1.54) is 11.1 Å². The van der Waals surface area contributed by atoms with Crippen LogP contribution in [0.25, 0.3) is 6.08 Å². The van der Waals surface area contributed by atoms with Crippen LogP contribution in [0.15, 0.2) is 54.6 Å². The number of nitrogens with one attached hydrogen (secondary N) is 1. The van der Waals surface area contributed by atoms with E-state index in [9.17, 15) is 4.79 Å². The van der Waals surface area contributed by atoms with Gasteiger partial charge in [-0.15, -0.1) is 0 Å². The van der Waals surface area contributed by atoms with Gasteiger partial charge in [-0.05, 0) is 47.7 Å². The second-order valence-corrected chi connectivity index (χ2v) is 5.30. The molecule has 0 saturated carbocycles. The van der Waals surface area contributed by atoms with Crippen molar-refractivity contribution in [1.29, 1.82) is 0 Å². The summed E-state index contributed by atoms with van der Waals surface area (Å²) < 4.78 is 0. The van der Waals surface area contributed by atoms with Gasteiger partial charge in [-0.2, -0.15) is 0 Å². The van der Waals surface area contributed by atoms with Gasteiger partial charge in [0.15, 0.2) is 0 Å². The number of amides is 1. The molecule has 3 heteroatoms. The normalized spacial score (nSPS) is 16.9. The molecule has 1 unspecified atom stereocenters. The fourth-order valence-electron chi connectivity index (χ4n) is 2.71. The zero-order chi connectivity index (χ0) is 14.7. The van der Waals surface area contributed by atoms with Gasteiger partial charge in [0.1, 0.15) is 0 Å². The van der Waals surface area contributed by atoms with Crippen LogP contribution in [0.2, 0.25) is 0 Å². The molecule has 2 aromatic carbocycles. The molecule has 3 rings (SSSR count). The molecule has 3 nitrogen and oxygen atoms in total. The number of nitrogens with two attached hydrogens (primary N) is 1. The summed E-state index contributed by atoms with van der Waals surface area (Å²) in [6.07, 6.45) is 5.38. The molecule has 0 heterocycles. The Morgan fingerprint density at radius 3 is 2.71 bits per heavy atom. The lowest BCUT2D eigenvalue weighted by Crippen LogP contribution is -2.25. The van der Waals surface area contributed by atoms with Crippen molar-refractivity contribution in [3.05, 3.63) is 71.3 Å². The number of carbonyl (C=O) groups excluding carboxylic acids is 1. The largest absolute Gasteiger partial charge is 0.399 e. The van der Waals surface area contributed by atoms with Gasteiger partial charge in [0.25, 0.3) is 0 Å². The van der Waals surface area contributed by atoms with E-state index in [-0.39, 0.29) is 11.9 Å². The third-order valence-corrected chi connectivity index (χ3v) is 3.81. The van der Waals surface area contributed by atoms with Crippen molar-refractivity contribution in [3.63, 3.8) is 0 Å². The maximum Gasteiger partial charge on any atom is 0.244 e. The highest BCUT2D eigenvalue weighted by molar-refractivity contribution is 5.92. The third-order valence-electron chi connectivity index (χ3n) is 3.81. The predicted molar refractivity (Wildman–Crippen MR) is 85.5 cm³/mol. The highest BCUT2D eigenvalue weighted by atomic mass is 16.1. The Balaban J connectivity index is 1.64. The Morgan fingerprint density at radius 1 is 1.14 bits per heavy atom. The zero-order valence-electron chi connectivity index (χ0n) is 11.8. The lowest BCUT2D eigenvalue weighted by molar-refractivity contribution is -0.117. The van der Waals surface area contributed by atoms with Gasteiger partial charge in [-0.1, -0.05) is 36.4 Å². The highest BCUT2D eigenvalue weighted by Crippen LogP contribution is 2.30. The third kappa shape index (κ3) is 3.14. The number of benzene rings is 2. The second-order valence-electron chi connectivity index (χ2n) is 5.30. The number of fused-ring (bicyclic) bond motifs is 1. The monoisotopic (exact) mass is 278 g/mol. The second kappa shape index (κ2) is 5.83. The quantitative estimate of drug-likeness (QED) is 0.669. The topological polar surface area (TPSA) is 55.1 Å². The minimum absolute atomic E-state index is 0.0615. The van der Waals surface area contributed by atoms with E-state index in [0.29, 0.717) is 0 Å². The Kier molecular flexibility index (Phi) is 3.73. The summed E-state index contributed by atoms with van der Waals surface area (Å²) in [4.78, 5) is 12.0. The molecule has 2 aromatic rings. The van der Waals surface area contributed by atoms with Crippen LogP contribution in [-0.4, -0.2) is 5.91 Å². The van der Waals surface area contributed by atoms with Crippen LogP contribution in [0.5, 0.6) is 0 Å². The molecule has 106 valence electrons. The number of nitrogen functional groups attached to an aromatic ring is 1. The van der Waals surface area contributed by atoms with Crippen LogP contribution in [-0.2, 0) is 11.2 Å². The molecule has 21 heavy (non-hydrogen) atoms. The Morgan fingerprint density at radius 2 is 1.90 bits per heavy atom. The lowest BCUT2D eigenvalue weighted by atomic mass is 10.1. The minimum Gasteiger partial charge on any atom is -0.399 e. The first kappa shape index (κ1) is 13.4. The zero-order valence-corrected chi connectivity index (χ0v) is 11.8. The van der Waals surface area contributed by atoms with E-state index in [1.807, 2.05) is 36.4 Å². The van der Waals surface area contributed by atoms with Gasteiger partial charge < -0.3 is 11.1 Å². The van der Waals surface area contributed by atoms with Crippen molar-refractivity contribution in [2.24, 2.45) is 0 Å². The van der Waals surface area contributed by atoms with Crippen molar-refractivity contribution in [3.8, 4) is 0 Å². The van der Waals surface area contributed by atoms with Crippen LogP contribution in [0.4, 0.5) is 5.69 Å². The predicted octanol–water partition coefficient (Wildman–Crippen LogP) is 3.09. The average Bonchev–Trinajstić information content (AvgIpc) is 2.90. The van der Waals surface area contributed by atoms with Gasteiger partial charge in [-0.25, -0.2) is 0 Å². The Hall–Kier alpha value is -2.55. The van der Waals surface area contributed by atoms with Crippen molar-refractivity contribution in [1.82, 2.24) is 5.32 Å². The summed E-state index contributed by atoms with van der Waals surface area (Å²) in [5.41, 5.74) is 9.90. The molecule has 1 aliphatic rings. The molecule has 1 aliphatic carbocycles. The smallest absolute Gasteiger partial charge is 0.244 e. The summed E-state index contributed by atoms with van der Waals surface area (Å²) in [6, 6.07) is 15.9. The van der Waals surface area contributed by atoms with E-state index in [4.69, 9.17) is 5.73 Å². The fourth-order valence-corrected chi connectivity index (χ4v) is 2.71. The standard InChI is InChI=1S/C18H18N2O/c19-15-9-5-13(6-10-15)7-12-18(21)20-17-11-8-14-3-1-2-4-16(14)17/h1-7,9-10,12,17H,8,11,19H2,(H,20,21)/b12-7+. The van der Waals surface area contributed by atoms with Crippen molar-refractivity contribution < 1.29 is 4.79 Å². The van der Waals surface area contributed by atoms with Gasteiger partial charge in [0, 0.05) is 11.8 Å². The first-order valence-electron chi connectivity index (χ1n) is 7.14. The molecule has 3 N–H and O–H groups in total. The summed E-state index contributed by atoms with van der Waals surface area (Å²) in [7, 11) is 0. The minimum atomic E-state index is -0.0615. The van der Waals surface area contributed by atoms with E-state index >= 15 is 0 Å². The van der Waals surface area contributed by atoms with E-state index in [0.717, 1.165) is 24.1 Å². The van der Waals surface area contributed by atoms with E-state index in [2.05, 4.69) is 17.4 Å². The van der Waals surface area contributed by atoms with Crippen molar-refractivity contribution in [2.45, 2.75) is 18.9 Å².